The van der Waals surface area contributed by atoms with E-state index < -0.39 is 5.97 Å². The molecule has 0 unspecified atom stereocenters. The van der Waals surface area contributed by atoms with Gasteiger partial charge < -0.3 is 24.2 Å². The predicted molar refractivity (Wildman–Crippen MR) is 104 cm³/mol. The number of hydrogen-bond acceptors (Lipinski definition) is 6. The highest BCUT2D eigenvalue weighted by atomic mass is 16.6. The van der Waals surface area contributed by atoms with Crippen LogP contribution in [0.4, 0.5) is 0 Å². The van der Waals surface area contributed by atoms with Crippen LogP contribution in [0.2, 0.25) is 0 Å². The fraction of sp³-hybridized carbons (Fsp3) is 0.238. The van der Waals surface area contributed by atoms with E-state index in [9.17, 15) is 4.79 Å². The molecule has 1 N–H and O–H groups in total. The topological polar surface area (TPSA) is 86.6 Å². The lowest BCUT2D eigenvalue weighted by Gasteiger charge is -2.12. The van der Waals surface area contributed by atoms with Crippen LogP contribution in [0.25, 0.3) is 0 Å². The molecular formula is C21H23NO6. The standard InChI is InChI=1S/C21H23NO6/c1-3-20(22-27-13-16-9-5-4-6-10-16)26-14-17-11-7-8-12-18(17)28-19(15-25-2)21(23)24/h4-12,15H,3,13-14H2,1-2H3,(H,23,24). The fourth-order valence-electron chi connectivity index (χ4n) is 2.17. The Morgan fingerprint density at radius 2 is 1.79 bits per heavy atom. The zero-order chi connectivity index (χ0) is 20.2. The third-order valence-electron chi connectivity index (χ3n) is 3.57. The van der Waals surface area contributed by atoms with Gasteiger partial charge in [-0.15, -0.1) is 0 Å². The van der Waals surface area contributed by atoms with E-state index in [1.165, 1.54) is 7.11 Å². The molecule has 0 bridgehead atoms. The van der Waals surface area contributed by atoms with Gasteiger partial charge in [0.15, 0.2) is 0 Å². The van der Waals surface area contributed by atoms with Crippen molar-refractivity contribution >= 4 is 11.9 Å². The van der Waals surface area contributed by atoms with E-state index in [0.717, 1.165) is 11.8 Å². The van der Waals surface area contributed by atoms with E-state index in [4.69, 9.17) is 24.2 Å². The highest BCUT2D eigenvalue weighted by molar-refractivity contribution is 5.84. The number of hydrogen-bond donors (Lipinski definition) is 1. The smallest absolute Gasteiger partial charge is 0.375 e. The van der Waals surface area contributed by atoms with Crippen molar-refractivity contribution in [2.75, 3.05) is 7.11 Å². The first-order valence-electron chi connectivity index (χ1n) is 8.71. The maximum atomic E-state index is 11.2. The van der Waals surface area contributed by atoms with Gasteiger partial charge in [0.2, 0.25) is 11.7 Å². The van der Waals surface area contributed by atoms with Crippen molar-refractivity contribution in [2.24, 2.45) is 5.16 Å². The first-order valence-corrected chi connectivity index (χ1v) is 8.71. The first-order chi connectivity index (χ1) is 13.6. The predicted octanol–water partition coefficient (Wildman–Crippen LogP) is 4.09. The molecule has 0 fully saturated rings. The summed E-state index contributed by atoms with van der Waals surface area (Å²) in [5, 5.41) is 13.2. The van der Waals surface area contributed by atoms with Crippen LogP contribution in [-0.2, 0) is 32.3 Å². The van der Waals surface area contributed by atoms with Crippen LogP contribution in [0.15, 0.2) is 71.8 Å². The molecule has 0 aromatic heterocycles. The second-order valence-electron chi connectivity index (χ2n) is 5.62. The zero-order valence-electron chi connectivity index (χ0n) is 15.8. The Kier molecular flexibility index (Phi) is 8.39. The maximum absolute atomic E-state index is 11.2. The van der Waals surface area contributed by atoms with Gasteiger partial charge in [-0.2, -0.15) is 0 Å². The molecule has 0 spiro atoms. The van der Waals surface area contributed by atoms with E-state index >= 15 is 0 Å². The lowest BCUT2D eigenvalue weighted by atomic mass is 10.2. The van der Waals surface area contributed by atoms with Crippen LogP contribution in [-0.4, -0.2) is 24.1 Å². The Morgan fingerprint density at radius 3 is 2.46 bits per heavy atom. The lowest BCUT2D eigenvalue weighted by molar-refractivity contribution is -0.135. The highest BCUT2D eigenvalue weighted by Gasteiger charge is 2.14. The van der Waals surface area contributed by atoms with Gasteiger partial charge in [-0.1, -0.05) is 60.6 Å². The average molecular weight is 385 g/mol. The number of rotatable bonds is 10. The molecule has 2 rings (SSSR count). The molecule has 0 saturated carbocycles. The summed E-state index contributed by atoms with van der Waals surface area (Å²) >= 11 is 0. The Bertz CT molecular complexity index is 817. The van der Waals surface area contributed by atoms with Gasteiger partial charge in [0.25, 0.3) is 0 Å². The van der Waals surface area contributed by atoms with E-state index in [0.29, 0.717) is 30.2 Å². The normalized spacial score (nSPS) is 11.6. The zero-order valence-corrected chi connectivity index (χ0v) is 15.8. The van der Waals surface area contributed by atoms with Crippen LogP contribution < -0.4 is 4.74 Å². The molecule has 7 nitrogen and oxygen atoms in total. The molecule has 2 aromatic carbocycles. The van der Waals surface area contributed by atoms with Gasteiger partial charge in [-0.05, 0) is 11.6 Å². The monoisotopic (exact) mass is 385 g/mol. The molecule has 0 saturated heterocycles. The van der Waals surface area contributed by atoms with Crippen LogP contribution in [0, 0.1) is 0 Å². The van der Waals surface area contributed by atoms with Crippen molar-refractivity contribution in [1.82, 2.24) is 0 Å². The van der Waals surface area contributed by atoms with E-state index in [1.54, 1.807) is 24.3 Å². The highest BCUT2D eigenvalue weighted by Crippen LogP contribution is 2.22. The summed E-state index contributed by atoms with van der Waals surface area (Å²) in [6.07, 6.45) is 1.57. The Morgan fingerprint density at radius 1 is 1.07 bits per heavy atom. The fourth-order valence-corrected chi connectivity index (χ4v) is 2.17. The van der Waals surface area contributed by atoms with Crippen molar-refractivity contribution in [3.8, 4) is 5.75 Å². The Balaban J connectivity index is 1.99. The number of ether oxygens (including phenoxy) is 3. The number of nitrogens with zero attached hydrogens (tertiary/aromatic N) is 1. The van der Waals surface area contributed by atoms with Crippen LogP contribution in [0.1, 0.15) is 24.5 Å². The van der Waals surface area contributed by atoms with E-state index in [2.05, 4.69) is 5.16 Å². The molecule has 0 aliphatic rings. The minimum atomic E-state index is -1.23. The first kappa shape index (κ1) is 20.8. The molecule has 148 valence electrons. The second-order valence-corrected chi connectivity index (χ2v) is 5.62. The molecule has 0 heterocycles. The van der Waals surface area contributed by atoms with Crippen LogP contribution in [0.3, 0.4) is 0 Å². The SMILES string of the molecule is CCC(=NOCc1ccccc1)OCc1ccccc1OC(=COC)C(=O)O. The molecule has 7 heteroatoms. The van der Waals surface area contributed by atoms with Gasteiger partial charge in [-0.25, -0.2) is 4.79 Å². The minimum Gasteiger partial charge on any atom is -0.500 e. The van der Waals surface area contributed by atoms with Gasteiger partial charge >= 0.3 is 5.97 Å². The van der Waals surface area contributed by atoms with Gasteiger partial charge in [0, 0.05) is 12.0 Å². The number of oxime groups is 1. The summed E-state index contributed by atoms with van der Waals surface area (Å²) in [6.45, 7) is 2.39. The quantitative estimate of drug-likeness (QED) is 0.218. The van der Waals surface area contributed by atoms with Crippen molar-refractivity contribution < 1.29 is 28.9 Å². The van der Waals surface area contributed by atoms with Gasteiger partial charge in [-0.3, -0.25) is 0 Å². The number of carboxylic acids is 1. The van der Waals surface area contributed by atoms with Crippen molar-refractivity contribution in [3.05, 3.63) is 77.7 Å². The van der Waals surface area contributed by atoms with Gasteiger partial charge in [0.1, 0.15) is 25.2 Å². The van der Waals surface area contributed by atoms with Crippen molar-refractivity contribution in [2.45, 2.75) is 26.6 Å². The molecule has 0 atom stereocenters. The summed E-state index contributed by atoms with van der Waals surface area (Å²) in [6, 6.07) is 16.7. The number of carboxylic acid groups (broad SMARTS) is 1. The lowest BCUT2D eigenvalue weighted by Crippen LogP contribution is -2.10. The number of carbonyl (C=O) groups is 1. The molecule has 28 heavy (non-hydrogen) atoms. The van der Waals surface area contributed by atoms with E-state index in [1.807, 2.05) is 37.3 Å². The molecule has 0 aliphatic carbocycles. The largest absolute Gasteiger partial charge is 0.500 e. The third kappa shape index (κ3) is 6.68. The summed E-state index contributed by atoms with van der Waals surface area (Å²) < 4.78 is 15.9. The summed E-state index contributed by atoms with van der Waals surface area (Å²) in [7, 11) is 1.35. The average Bonchev–Trinajstić information content (AvgIpc) is 2.71. The van der Waals surface area contributed by atoms with Crippen LogP contribution >= 0.6 is 0 Å². The molecular weight excluding hydrogens is 362 g/mol. The summed E-state index contributed by atoms with van der Waals surface area (Å²) in [5.74, 6) is -0.779. The van der Waals surface area contributed by atoms with Crippen molar-refractivity contribution in [3.63, 3.8) is 0 Å². The second kappa shape index (κ2) is 11.3. The third-order valence-corrected chi connectivity index (χ3v) is 3.57. The summed E-state index contributed by atoms with van der Waals surface area (Å²) in [5.41, 5.74) is 1.67. The number of aliphatic carboxylic acids is 1. The molecule has 0 amide bonds. The van der Waals surface area contributed by atoms with Gasteiger partial charge in [0.05, 0.1) is 7.11 Å². The molecule has 2 aromatic rings. The van der Waals surface area contributed by atoms with Crippen molar-refractivity contribution in [1.29, 1.82) is 0 Å². The van der Waals surface area contributed by atoms with Crippen LogP contribution in [0.5, 0.6) is 5.75 Å². The number of para-hydroxylation sites is 1. The molecule has 0 aliphatic heterocycles. The minimum absolute atomic E-state index is 0.150. The van der Waals surface area contributed by atoms with E-state index in [-0.39, 0.29) is 12.4 Å². The summed E-state index contributed by atoms with van der Waals surface area (Å²) in [4.78, 5) is 16.6. The Labute approximate surface area is 163 Å². The molecule has 0 radical (unpaired) electrons. The maximum Gasteiger partial charge on any atom is 0.375 e. The Hall–Kier alpha value is -3.48. The number of benzene rings is 2. The number of methoxy groups -OCH3 is 1.